The minimum Gasteiger partial charge on any atom is -0.353 e. The van der Waals surface area contributed by atoms with Crippen LogP contribution in [0, 0.1) is 5.92 Å². The zero-order chi connectivity index (χ0) is 16.9. The van der Waals surface area contributed by atoms with Crippen LogP contribution in [0.4, 0.5) is 4.79 Å². The van der Waals surface area contributed by atoms with Crippen LogP contribution in [0.25, 0.3) is 0 Å². The van der Waals surface area contributed by atoms with Gasteiger partial charge in [0.1, 0.15) is 0 Å². The summed E-state index contributed by atoms with van der Waals surface area (Å²) in [7, 11) is 0. The van der Waals surface area contributed by atoms with Crippen molar-refractivity contribution < 1.29 is 9.59 Å². The number of likely N-dealkylation sites (tertiary alicyclic amines) is 1. The van der Waals surface area contributed by atoms with Crippen LogP contribution in [0.15, 0.2) is 0 Å². The van der Waals surface area contributed by atoms with E-state index in [0.29, 0.717) is 18.6 Å². The number of piperidine rings is 1. The van der Waals surface area contributed by atoms with Crippen molar-refractivity contribution in [3.63, 3.8) is 0 Å². The van der Waals surface area contributed by atoms with Gasteiger partial charge >= 0.3 is 6.03 Å². The fraction of sp³-hybridized carbons (Fsp3) is 0.889. The molecule has 0 aromatic heterocycles. The van der Waals surface area contributed by atoms with Crippen molar-refractivity contribution in [2.75, 3.05) is 13.1 Å². The molecule has 1 unspecified atom stereocenters. The van der Waals surface area contributed by atoms with E-state index < -0.39 is 0 Å². The van der Waals surface area contributed by atoms with E-state index in [1.165, 1.54) is 12.8 Å². The number of carbonyl (C=O) groups excluding carboxylic acids is 2. The second-order valence-electron chi connectivity index (χ2n) is 7.84. The molecule has 4 N–H and O–H groups in total. The lowest BCUT2D eigenvalue weighted by molar-refractivity contribution is -0.127. The average molecular weight is 336 g/mol. The van der Waals surface area contributed by atoms with E-state index in [2.05, 4.69) is 10.6 Å². The Bertz CT molecular complexity index is 442. The van der Waals surface area contributed by atoms with Gasteiger partial charge in [0.05, 0.1) is 5.92 Å². The van der Waals surface area contributed by atoms with Gasteiger partial charge in [0.2, 0.25) is 5.91 Å². The Hall–Kier alpha value is -1.30. The summed E-state index contributed by atoms with van der Waals surface area (Å²) in [5.74, 6) is 0.0533. The smallest absolute Gasteiger partial charge is 0.317 e. The van der Waals surface area contributed by atoms with Gasteiger partial charge in [-0.1, -0.05) is 12.8 Å². The molecular formula is C18H32N4O2. The van der Waals surface area contributed by atoms with Crippen LogP contribution in [0.1, 0.15) is 64.2 Å². The molecule has 0 spiro atoms. The predicted octanol–water partition coefficient (Wildman–Crippen LogP) is 1.74. The molecule has 1 atom stereocenters. The Balaban J connectivity index is 1.45. The van der Waals surface area contributed by atoms with E-state index in [-0.39, 0.29) is 23.9 Å². The molecule has 3 aliphatic rings. The van der Waals surface area contributed by atoms with Crippen LogP contribution < -0.4 is 16.4 Å². The van der Waals surface area contributed by atoms with Crippen LogP contribution in [0.3, 0.4) is 0 Å². The minimum atomic E-state index is -0.0660. The maximum Gasteiger partial charge on any atom is 0.317 e. The predicted molar refractivity (Wildman–Crippen MR) is 93.5 cm³/mol. The third-order valence-electron chi connectivity index (χ3n) is 5.88. The first-order chi connectivity index (χ1) is 11.6. The van der Waals surface area contributed by atoms with Gasteiger partial charge in [0, 0.05) is 31.2 Å². The molecule has 1 aliphatic heterocycles. The van der Waals surface area contributed by atoms with Crippen LogP contribution in [-0.2, 0) is 4.79 Å². The summed E-state index contributed by atoms with van der Waals surface area (Å²) in [6.07, 6.45) is 10.3. The molecular weight excluding hydrogens is 304 g/mol. The SMILES string of the molecule is NC1CCC(NC(=O)C2CCCN(C(=O)NC3CCCC3)C2)CC1. The second-order valence-corrected chi connectivity index (χ2v) is 7.84. The number of urea groups is 1. The molecule has 0 bridgehead atoms. The highest BCUT2D eigenvalue weighted by atomic mass is 16.2. The molecule has 6 nitrogen and oxygen atoms in total. The van der Waals surface area contributed by atoms with Gasteiger partial charge in [-0.2, -0.15) is 0 Å². The van der Waals surface area contributed by atoms with Gasteiger partial charge in [-0.05, 0) is 51.4 Å². The molecule has 3 fully saturated rings. The fourth-order valence-electron chi connectivity index (χ4n) is 4.29. The first-order valence-corrected chi connectivity index (χ1v) is 9.73. The third kappa shape index (κ3) is 4.62. The van der Waals surface area contributed by atoms with Gasteiger partial charge in [0.15, 0.2) is 0 Å². The van der Waals surface area contributed by atoms with E-state index >= 15 is 0 Å². The summed E-state index contributed by atoms with van der Waals surface area (Å²) in [5, 5.41) is 6.32. The maximum absolute atomic E-state index is 12.6. The van der Waals surface area contributed by atoms with E-state index in [9.17, 15) is 9.59 Å². The van der Waals surface area contributed by atoms with Gasteiger partial charge in [0.25, 0.3) is 0 Å². The number of rotatable bonds is 3. The van der Waals surface area contributed by atoms with Crippen molar-refractivity contribution in [3.8, 4) is 0 Å². The highest BCUT2D eigenvalue weighted by Gasteiger charge is 2.31. The van der Waals surface area contributed by atoms with E-state index in [0.717, 1.165) is 57.9 Å². The molecule has 2 aliphatic carbocycles. The summed E-state index contributed by atoms with van der Waals surface area (Å²) >= 11 is 0. The standard InChI is InChI=1S/C18H32N4O2/c19-14-7-9-16(10-8-14)20-17(23)13-4-3-11-22(12-13)18(24)21-15-5-1-2-6-15/h13-16H,1-12,19H2,(H,20,23)(H,21,24). The average Bonchev–Trinajstić information content (AvgIpc) is 3.10. The van der Waals surface area contributed by atoms with Gasteiger partial charge in [-0.15, -0.1) is 0 Å². The van der Waals surface area contributed by atoms with Crippen LogP contribution in [-0.4, -0.2) is 48.1 Å². The van der Waals surface area contributed by atoms with E-state index in [1.807, 2.05) is 4.90 Å². The molecule has 0 aromatic rings. The summed E-state index contributed by atoms with van der Waals surface area (Å²) in [6, 6.07) is 0.906. The second kappa shape index (κ2) is 8.19. The molecule has 3 rings (SSSR count). The fourth-order valence-corrected chi connectivity index (χ4v) is 4.29. The van der Waals surface area contributed by atoms with Crippen molar-refractivity contribution in [3.05, 3.63) is 0 Å². The zero-order valence-electron chi connectivity index (χ0n) is 14.6. The Morgan fingerprint density at radius 2 is 1.50 bits per heavy atom. The van der Waals surface area contributed by atoms with Crippen LogP contribution in [0.2, 0.25) is 0 Å². The Labute approximate surface area is 144 Å². The first kappa shape index (κ1) is 17.5. The van der Waals surface area contributed by atoms with Gasteiger partial charge in [-0.3, -0.25) is 4.79 Å². The molecule has 2 saturated carbocycles. The minimum absolute atomic E-state index is 0.0167. The molecule has 0 radical (unpaired) electrons. The number of hydrogen-bond acceptors (Lipinski definition) is 3. The highest BCUT2D eigenvalue weighted by molar-refractivity contribution is 5.81. The number of nitrogens with two attached hydrogens (primary N) is 1. The van der Waals surface area contributed by atoms with Gasteiger partial charge < -0.3 is 21.3 Å². The van der Waals surface area contributed by atoms with Crippen molar-refractivity contribution in [2.24, 2.45) is 11.7 Å². The van der Waals surface area contributed by atoms with Crippen molar-refractivity contribution in [2.45, 2.75) is 82.3 Å². The topological polar surface area (TPSA) is 87.5 Å². The highest BCUT2D eigenvalue weighted by Crippen LogP contribution is 2.22. The quantitative estimate of drug-likeness (QED) is 0.733. The molecule has 24 heavy (non-hydrogen) atoms. The van der Waals surface area contributed by atoms with Crippen molar-refractivity contribution in [1.29, 1.82) is 0 Å². The number of carbonyl (C=O) groups is 2. The van der Waals surface area contributed by atoms with Gasteiger partial charge in [-0.25, -0.2) is 4.79 Å². The molecule has 3 amide bonds. The summed E-state index contributed by atoms with van der Waals surface area (Å²) in [5.41, 5.74) is 5.93. The maximum atomic E-state index is 12.6. The van der Waals surface area contributed by atoms with E-state index in [1.54, 1.807) is 0 Å². The van der Waals surface area contributed by atoms with Crippen LogP contribution >= 0.6 is 0 Å². The number of amides is 3. The number of nitrogens with zero attached hydrogens (tertiary/aromatic N) is 1. The van der Waals surface area contributed by atoms with Crippen LogP contribution in [0.5, 0.6) is 0 Å². The van der Waals surface area contributed by atoms with Crippen molar-refractivity contribution >= 4 is 11.9 Å². The number of nitrogens with one attached hydrogen (secondary N) is 2. The van der Waals surface area contributed by atoms with Crippen molar-refractivity contribution in [1.82, 2.24) is 15.5 Å². The first-order valence-electron chi connectivity index (χ1n) is 9.73. The molecule has 136 valence electrons. The lowest BCUT2D eigenvalue weighted by atomic mass is 9.90. The Morgan fingerprint density at radius 3 is 2.21 bits per heavy atom. The monoisotopic (exact) mass is 336 g/mol. The Kier molecular flexibility index (Phi) is 5.98. The lowest BCUT2D eigenvalue weighted by Crippen LogP contribution is -2.52. The number of hydrogen-bond donors (Lipinski definition) is 3. The van der Waals surface area contributed by atoms with E-state index in [4.69, 9.17) is 5.73 Å². The Morgan fingerprint density at radius 1 is 0.833 bits per heavy atom. The lowest BCUT2D eigenvalue weighted by Gasteiger charge is -2.34. The summed E-state index contributed by atoms with van der Waals surface area (Å²) < 4.78 is 0. The third-order valence-corrected chi connectivity index (χ3v) is 5.88. The molecule has 1 saturated heterocycles. The molecule has 6 heteroatoms. The summed E-state index contributed by atoms with van der Waals surface area (Å²) in [4.78, 5) is 26.8. The normalized spacial score (nSPS) is 31.7. The molecule has 1 heterocycles. The zero-order valence-corrected chi connectivity index (χ0v) is 14.6. The largest absolute Gasteiger partial charge is 0.353 e. The molecule has 0 aromatic carbocycles. The summed E-state index contributed by atoms with van der Waals surface area (Å²) in [6.45, 7) is 1.32.